The Morgan fingerprint density at radius 2 is 0.390 bits per heavy atom. The number of hydrogen-bond donors (Lipinski definition) is 0. The van der Waals surface area contributed by atoms with Crippen LogP contribution in [-0.2, 0) is 0 Å². The second-order valence-corrected chi connectivity index (χ2v) is 26.2. The van der Waals surface area contributed by atoms with Crippen LogP contribution in [0.25, 0.3) is 178 Å². The van der Waals surface area contributed by atoms with E-state index >= 15 is 0 Å². The second kappa shape index (κ2) is 22.0. The molecule has 0 radical (unpaired) electrons. The maximum absolute atomic E-state index is 2.42. The molecule has 468 valence electrons. The molecule has 0 atom stereocenters. The lowest BCUT2D eigenvalue weighted by molar-refractivity contribution is 1.15. The molecule has 22 aromatic rings. The zero-order valence-electron chi connectivity index (χ0n) is 54.2. The third-order valence-corrected chi connectivity index (χ3v) is 20.7. The van der Waals surface area contributed by atoms with Crippen LogP contribution < -0.4 is 0 Å². The molecular formula is C92H60N8. The minimum atomic E-state index is 1.14. The van der Waals surface area contributed by atoms with Crippen molar-refractivity contribution in [1.82, 2.24) is 35.9 Å². The second-order valence-electron chi connectivity index (χ2n) is 26.2. The van der Waals surface area contributed by atoms with Crippen LogP contribution in [0, 0.1) is 0 Å². The molecule has 0 saturated carbocycles. The Morgan fingerprint density at radius 1 is 0.130 bits per heavy atom. The normalized spacial score (nSPS) is 12.0. The van der Waals surface area contributed by atoms with E-state index in [9.17, 15) is 0 Å². The van der Waals surface area contributed by atoms with Gasteiger partial charge in [-0.05, 0) is 202 Å². The molecule has 14 aromatic carbocycles. The summed E-state index contributed by atoms with van der Waals surface area (Å²) in [6.45, 7) is 0. The van der Waals surface area contributed by atoms with Gasteiger partial charge in [-0.15, -0.1) is 0 Å². The molecule has 8 nitrogen and oxygen atoms in total. The highest BCUT2D eigenvalue weighted by atomic mass is 15.2. The fraction of sp³-hybridized carbons (Fsp3) is 0. The maximum atomic E-state index is 2.42. The fourth-order valence-electron chi connectivity index (χ4n) is 16.1. The van der Waals surface area contributed by atoms with Crippen LogP contribution in [0.1, 0.15) is 0 Å². The first-order chi connectivity index (χ1) is 49.6. The molecular weight excluding hydrogens is 1220 g/mol. The number of rotatable bonds is 8. The van der Waals surface area contributed by atoms with Gasteiger partial charge in [0.25, 0.3) is 0 Å². The molecule has 0 fully saturated rings. The van der Waals surface area contributed by atoms with Gasteiger partial charge >= 0.3 is 0 Å². The number of hydrogen-bond acceptors (Lipinski definition) is 0. The molecule has 8 heterocycles. The third kappa shape index (κ3) is 8.54. The van der Waals surface area contributed by atoms with E-state index in [0.29, 0.717) is 0 Å². The number of fused-ring (bicyclic) bond motifs is 20. The Morgan fingerprint density at radius 3 is 0.830 bits per heavy atom. The van der Waals surface area contributed by atoms with Crippen LogP contribution in [0.4, 0.5) is 0 Å². The Bertz CT molecular complexity index is 6970. The summed E-state index contributed by atoms with van der Waals surface area (Å²) < 4.78 is 19.1. The quantitative estimate of drug-likeness (QED) is 0.145. The molecule has 0 aliphatic carbocycles. The number of nitrogens with zero attached hydrogens (tertiary/aromatic N) is 8. The van der Waals surface area contributed by atoms with Gasteiger partial charge in [0.05, 0.1) is 66.2 Å². The van der Waals surface area contributed by atoms with E-state index < -0.39 is 0 Å². The van der Waals surface area contributed by atoms with E-state index in [1.807, 2.05) is 0 Å². The van der Waals surface area contributed by atoms with Crippen LogP contribution in [0.2, 0.25) is 0 Å². The van der Waals surface area contributed by atoms with E-state index in [4.69, 9.17) is 0 Å². The van der Waals surface area contributed by atoms with Gasteiger partial charge in [-0.1, -0.05) is 206 Å². The summed E-state index contributed by atoms with van der Waals surface area (Å²) >= 11 is 0. The smallest absolute Gasteiger partial charge is 0.123 e. The van der Waals surface area contributed by atoms with Crippen LogP contribution >= 0.6 is 0 Å². The Hall–Kier alpha value is -13.6. The van der Waals surface area contributed by atoms with Gasteiger partial charge < -0.3 is 0 Å². The molecule has 8 aromatic heterocycles. The first-order valence-corrected chi connectivity index (χ1v) is 34.2. The number of aromatic nitrogens is 8. The maximum Gasteiger partial charge on any atom is 0.123 e. The Balaban J connectivity index is 0.000000135. The van der Waals surface area contributed by atoms with Gasteiger partial charge in [-0.25, -0.2) is 0 Å². The standard InChI is InChI=1S/C52H34N4.C40H26N4/c1-3-11-35(12-4-1)37-19-25-43(26-20-37)53-47-17-9-10-18-48(47)55-46-29-23-39(31-42(46)34-52(53)55)40-24-30-49-50(32-40)56-45-16-8-7-15-41(45)33-51(56)54(49)44-27-21-38(22-28-44)36-13-5-2-6-14-36;1-3-11-31(12-4-1)41-35-16-8-10-18-37(35)44-38-24-28(19-20-29(38)25-39(41)44)27-21-22-33-30(23-27)26-40-42(32-13-5-2-6-14-32)34-15-7-9-17-36(34)43(33)40/h1-34H;1-26H. The van der Waals surface area contributed by atoms with Gasteiger partial charge in [0.15, 0.2) is 0 Å². The molecule has 0 spiro atoms. The summed E-state index contributed by atoms with van der Waals surface area (Å²) in [4.78, 5) is 0. The van der Waals surface area contributed by atoms with Crippen molar-refractivity contribution in [2.45, 2.75) is 0 Å². The summed E-state index contributed by atoms with van der Waals surface area (Å²) in [5.41, 5.74) is 33.3. The lowest BCUT2D eigenvalue weighted by atomic mass is 10.0. The van der Waals surface area contributed by atoms with Gasteiger partial charge in [0, 0.05) is 44.3 Å². The summed E-state index contributed by atoms with van der Waals surface area (Å²) in [7, 11) is 0. The molecule has 0 amide bonds. The van der Waals surface area contributed by atoms with E-state index in [-0.39, 0.29) is 0 Å². The fourth-order valence-corrected chi connectivity index (χ4v) is 16.1. The summed E-state index contributed by atoms with van der Waals surface area (Å²) in [6.07, 6.45) is 0. The first-order valence-electron chi connectivity index (χ1n) is 34.2. The van der Waals surface area contributed by atoms with Gasteiger partial charge in [0.1, 0.15) is 22.6 Å². The predicted molar refractivity (Wildman–Crippen MR) is 416 cm³/mol. The van der Waals surface area contributed by atoms with Crippen molar-refractivity contribution in [2.75, 3.05) is 0 Å². The van der Waals surface area contributed by atoms with E-state index in [1.165, 1.54) is 155 Å². The lowest BCUT2D eigenvalue weighted by Gasteiger charge is -2.09. The zero-order chi connectivity index (χ0) is 65.5. The molecule has 100 heavy (non-hydrogen) atoms. The molecule has 22 rings (SSSR count). The molecule has 0 aliphatic heterocycles. The van der Waals surface area contributed by atoms with E-state index in [2.05, 4.69) is 400 Å². The molecule has 0 saturated heterocycles. The SMILES string of the molecule is c1ccc(-c2ccc(-n3c4ccccc4n4c5ccc(-c6ccc7c(c6)n6c8ccccc8cc6n7-c6ccc(-c7ccccc7)cc6)cc5cc34)cc2)cc1.c1ccc(-n2c3ccccc3n3c4ccc(-c5ccc6cc7n(-c8ccccc8)c8ccccc8n7c6c5)cc4cc23)cc1. The molecule has 0 aliphatic rings. The monoisotopic (exact) mass is 1280 g/mol. The number of para-hydroxylation sites is 9. The third-order valence-electron chi connectivity index (χ3n) is 20.7. The van der Waals surface area contributed by atoms with Crippen molar-refractivity contribution in [1.29, 1.82) is 0 Å². The first kappa shape index (κ1) is 55.7. The highest BCUT2D eigenvalue weighted by Crippen LogP contribution is 2.41. The minimum Gasteiger partial charge on any atom is -0.294 e. The summed E-state index contributed by atoms with van der Waals surface area (Å²) in [5.74, 6) is 0. The minimum absolute atomic E-state index is 1.14. The predicted octanol–water partition coefficient (Wildman–Crippen LogP) is 23.4. The highest BCUT2D eigenvalue weighted by Gasteiger charge is 2.22. The van der Waals surface area contributed by atoms with Crippen LogP contribution in [0.15, 0.2) is 364 Å². The van der Waals surface area contributed by atoms with E-state index in [0.717, 1.165) is 22.7 Å². The van der Waals surface area contributed by atoms with Crippen LogP contribution in [-0.4, -0.2) is 35.9 Å². The van der Waals surface area contributed by atoms with Crippen molar-refractivity contribution < 1.29 is 0 Å². The van der Waals surface area contributed by atoms with Gasteiger partial charge in [-0.3, -0.25) is 35.9 Å². The van der Waals surface area contributed by atoms with Crippen LogP contribution in [0.3, 0.4) is 0 Å². The summed E-state index contributed by atoms with van der Waals surface area (Å²) in [6, 6.07) is 132. The average molecular weight is 1280 g/mol. The molecule has 8 heteroatoms. The average Bonchev–Trinajstić information content (AvgIpc) is 1.58. The zero-order valence-corrected chi connectivity index (χ0v) is 54.2. The van der Waals surface area contributed by atoms with E-state index in [1.54, 1.807) is 0 Å². The topological polar surface area (TPSA) is 37.4 Å². The lowest BCUT2D eigenvalue weighted by Crippen LogP contribution is -1.93. The van der Waals surface area contributed by atoms with Crippen molar-refractivity contribution >= 4 is 110 Å². The Kier molecular flexibility index (Phi) is 12.2. The molecule has 0 unspecified atom stereocenters. The van der Waals surface area contributed by atoms with Crippen LogP contribution in [0.5, 0.6) is 0 Å². The van der Waals surface area contributed by atoms with Crippen molar-refractivity contribution in [3.63, 3.8) is 0 Å². The molecule has 0 bridgehead atoms. The summed E-state index contributed by atoms with van der Waals surface area (Å²) in [5, 5.41) is 4.91. The van der Waals surface area contributed by atoms with Crippen molar-refractivity contribution in [3.05, 3.63) is 364 Å². The number of benzene rings is 14. The van der Waals surface area contributed by atoms with Crippen molar-refractivity contribution in [3.8, 4) is 67.3 Å². The number of imidazole rings is 4. The van der Waals surface area contributed by atoms with Crippen molar-refractivity contribution in [2.24, 2.45) is 0 Å². The molecule has 0 N–H and O–H groups in total. The van der Waals surface area contributed by atoms with Gasteiger partial charge in [-0.2, -0.15) is 0 Å². The largest absolute Gasteiger partial charge is 0.294 e. The Labute approximate surface area is 574 Å². The highest BCUT2D eigenvalue weighted by molar-refractivity contribution is 6.03. The van der Waals surface area contributed by atoms with Gasteiger partial charge in [0.2, 0.25) is 0 Å².